The Kier molecular flexibility index (Phi) is 4.25. The van der Waals surface area contributed by atoms with Crippen LogP contribution in [0, 0.1) is 11.8 Å². The van der Waals surface area contributed by atoms with Crippen LogP contribution >= 0.6 is 11.8 Å². The molecule has 0 radical (unpaired) electrons. The normalized spacial score (nSPS) is 21.3. The number of hydrogen-bond donors (Lipinski definition) is 2. The highest BCUT2D eigenvalue weighted by atomic mass is 32.2. The number of aliphatic carboxylic acids is 1. The van der Waals surface area contributed by atoms with Crippen molar-refractivity contribution in [2.45, 2.75) is 11.3 Å². The fourth-order valence-electron chi connectivity index (χ4n) is 1.75. The average Bonchev–Trinajstić information content (AvgIpc) is 3.16. The lowest BCUT2D eigenvalue weighted by molar-refractivity contribution is -0.140. The smallest absolute Gasteiger partial charge is 0.307 e. The first kappa shape index (κ1) is 13.0. The van der Waals surface area contributed by atoms with Crippen LogP contribution in [0.2, 0.25) is 0 Å². The molecule has 0 aliphatic heterocycles. The third-order valence-electron chi connectivity index (χ3n) is 2.86. The minimum absolute atomic E-state index is 0.129. The van der Waals surface area contributed by atoms with Crippen LogP contribution in [0.5, 0.6) is 0 Å². The SMILES string of the molecule is O=C(O)[C@H]1C[C@H]1C(=O)NCCSc1ccccc1. The standard InChI is InChI=1S/C13H15NO3S/c15-12(10-8-11(10)13(16)17)14-6-7-18-9-4-2-1-3-5-9/h1-5,10-11H,6-8H2,(H,14,15)(H,16,17)/t10-,11+/m1/s1. The van der Waals surface area contributed by atoms with Gasteiger partial charge in [0.1, 0.15) is 0 Å². The first-order valence-electron chi connectivity index (χ1n) is 5.87. The van der Waals surface area contributed by atoms with Gasteiger partial charge >= 0.3 is 5.97 Å². The van der Waals surface area contributed by atoms with Gasteiger partial charge in [0, 0.05) is 17.2 Å². The van der Waals surface area contributed by atoms with E-state index in [0.717, 1.165) is 5.75 Å². The van der Waals surface area contributed by atoms with E-state index >= 15 is 0 Å². The number of benzene rings is 1. The number of amides is 1. The molecule has 0 bridgehead atoms. The minimum atomic E-state index is -0.867. The summed E-state index contributed by atoms with van der Waals surface area (Å²) < 4.78 is 0. The van der Waals surface area contributed by atoms with Crippen molar-refractivity contribution in [1.29, 1.82) is 0 Å². The Bertz CT molecular complexity index is 435. The summed E-state index contributed by atoms with van der Waals surface area (Å²) in [4.78, 5) is 23.3. The van der Waals surface area contributed by atoms with Crippen molar-refractivity contribution in [1.82, 2.24) is 5.32 Å². The number of thioether (sulfide) groups is 1. The molecule has 0 spiro atoms. The molecule has 2 rings (SSSR count). The largest absolute Gasteiger partial charge is 0.481 e. The lowest BCUT2D eigenvalue weighted by Gasteiger charge is -2.04. The number of carboxylic acid groups (broad SMARTS) is 1. The molecule has 1 amide bonds. The van der Waals surface area contributed by atoms with Gasteiger partial charge in [-0.25, -0.2) is 0 Å². The zero-order chi connectivity index (χ0) is 13.0. The van der Waals surface area contributed by atoms with Crippen molar-refractivity contribution in [2.75, 3.05) is 12.3 Å². The van der Waals surface area contributed by atoms with E-state index in [0.29, 0.717) is 13.0 Å². The van der Waals surface area contributed by atoms with E-state index in [1.807, 2.05) is 30.3 Å². The van der Waals surface area contributed by atoms with Gasteiger partial charge in [0.2, 0.25) is 5.91 Å². The van der Waals surface area contributed by atoms with Gasteiger partial charge in [-0.15, -0.1) is 11.8 Å². The number of carbonyl (C=O) groups excluding carboxylic acids is 1. The molecule has 1 saturated carbocycles. The topological polar surface area (TPSA) is 66.4 Å². The molecule has 2 N–H and O–H groups in total. The second-order valence-corrected chi connectivity index (χ2v) is 5.41. The maximum Gasteiger partial charge on any atom is 0.307 e. The van der Waals surface area contributed by atoms with E-state index in [1.165, 1.54) is 4.90 Å². The Morgan fingerprint density at radius 3 is 2.61 bits per heavy atom. The highest BCUT2D eigenvalue weighted by Gasteiger charge is 2.48. The van der Waals surface area contributed by atoms with Gasteiger partial charge in [0.05, 0.1) is 11.8 Å². The molecular weight excluding hydrogens is 250 g/mol. The van der Waals surface area contributed by atoms with E-state index < -0.39 is 11.9 Å². The Balaban J connectivity index is 1.62. The highest BCUT2D eigenvalue weighted by molar-refractivity contribution is 7.99. The molecule has 0 heterocycles. The third-order valence-corrected chi connectivity index (χ3v) is 3.87. The van der Waals surface area contributed by atoms with Crippen LogP contribution in [0.15, 0.2) is 35.2 Å². The van der Waals surface area contributed by atoms with Crippen LogP contribution in [-0.2, 0) is 9.59 Å². The Hall–Kier alpha value is -1.49. The maximum absolute atomic E-state index is 11.5. The minimum Gasteiger partial charge on any atom is -0.481 e. The molecule has 0 saturated heterocycles. The van der Waals surface area contributed by atoms with Crippen molar-refractivity contribution < 1.29 is 14.7 Å². The second-order valence-electron chi connectivity index (χ2n) is 4.24. The Morgan fingerprint density at radius 1 is 1.28 bits per heavy atom. The fraction of sp³-hybridized carbons (Fsp3) is 0.385. The summed E-state index contributed by atoms with van der Waals surface area (Å²) in [7, 11) is 0. The molecule has 1 aromatic rings. The summed E-state index contributed by atoms with van der Waals surface area (Å²) in [5.74, 6) is -0.985. The fourth-order valence-corrected chi connectivity index (χ4v) is 2.54. The zero-order valence-corrected chi connectivity index (χ0v) is 10.7. The third kappa shape index (κ3) is 3.50. The van der Waals surface area contributed by atoms with Gasteiger partial charge in [0.25, 0.3) is 0 Å². The van der Waals surface area contributed by atoms with Crippen LogP contribution in [0.3, 0.4) is 0 Å². The summed E-state index contributed by atoms with van der Waals surface area (Å²) in [5, 5.41) is 11.5. The van der Waals surface area contributed by atoms with Gasteiger partial charge in [-0.05, 0) is 18.6 Å². The Labute approximate surface area is 110 Å². The first-order chi connectivity index (χ1) is 8.68. The molecular formula is C13H15NO3S. The van der Waals surface area contributed by atoms with Crippen molar-refractivity contribution in [3.05, 3.63) is 30.3 Å². The molecule has 0 unspecified atom stereocenters. The highest BCUT2D eigenvalue weighted by Crippen LogP contribution is 2.38. The molecule has 1 aliphatic carbocycles. The predicted octanol–water partition coefficient (Wildman–Crippen LogP) is 1.62. The monoisotopic (exact) mass is 265 g/mol. The van der Waals surface area contributed by atoms with Gasteiger partial charge < -0.3 is 10.4 Å². The molecule has 1 aromatic carbocycles. The second kappa shape index (κ2) is 5.91. The predicted molar refractivity (Wildman–Crippen MR) is 69.4 cm³/mol. The summed E-state index contributed by atoms with van der Waals surface area (Å²) in [5.41, 5.74) is 0. The average molecular weight is 265 g/mol. The van der Waals surface area contributed by atoms with Gasteiger partial charge in [-0.1, -0.05) is 18.2 Å². The molecule has 96 valence electrons. The van der Waals surface area contributed by atoms with Gasteiger partial charge in [-0.3, -0.25) is 9.59 Å². The zero-order valence-electron chi connectivity index (χ0n) is 9.83. The van der Waals surface area contributed by atoms with Crippen LogP contribution < -0.4 is 5.32 Å². The molecule has 4 nitrogen and oxygen atoms in total. The van der Waals surface area contributed by atoms with Crippen molar-refractivity contribution >= 4 is 23.6 Å². The maximum atomic E-state index is 11.5. The summed E-state index contributed by atoms with van der Waals surface area (Å²) >= 11 is 1.67. The van der Waals surface area contributed by atoms with Crippen molar-refractivity contribution in [3.63, 3.8) is 0 Å². The molecule has 0 aromatic heterocycles. The van der Waals surface area contributed by atoms with E-state index in [9.17, 15) is 9.59 Å². The van der Waals surface area contributed by atoms with E-state index in [-0.39, 0.29) is 11.8 Å². The first-order valence-corrected chi connectivity index (χ1v) is 6.85. The van der Waals surface area contributed by atoms with Gasteiger partial charge in [-0.2, -0.15) is 0 Å². The number of carbonyl (C=O) groups is 2. The summed E-state index contributed by atoms with van der Waals surface area (Å²) in [6.07, 6.45) is 0.479. The van der Waals surface area contributed by atoms with Crippen LogP contribution in [0.25, 0.3) is 0 Å². The van der Waals surface area contributed by atoms with Crippen LogP contribution in [0.1, 0.15) is 6.42 Å². The van der Waals surface area contributed by atoms with Crippen LogP contribution in [-0.4, -0.2) is 29.3 Å². The Morgan fingerprint density at radius 2 is 2.00 bits per heavy atom. The van der Waals surface area contributed by atoms with E-state index in [4.69, 9.17) is 5.11 Å². The molecule has 2 atom stereocenters. The number of rotatable bonds is 6. The van der Waals surface area contributed by atoms with E-state index in [1.54, 1.807) is 11.8 Å². The quantitative estimate of drug-likeness (QED) is 0.606. The molecule has 1 fully saturated rings. The lowest BCUT2D eigenvalue weighted by atomic mass is 10.3. The van der Waals surface area contributed by atoms with E-state index in [2.05, 4.69) is 5.32 Å². The van der Waals surface area contributed by atoms with Crippen LogP contribution in [0.4, 0.5) is 0 Å². The number of hydrogen-bond acceptors (Lipinski definition) is 3. The van der Waals surface area contributed by atoms with Gasteiger partial charge in [0.15, 0.2) is 0 Å². The molecule has 18 heavy (non-hydrogen) atoms. The lowest BCUT2D eigenvalue weighted by Crippen LogP contribution is -2.28. The number of nitrogens with one attached hydrogen (secondary N) is 1. The van der Waals surface area contributed by atoms with Crippen molar-refractivity contribution in [2.24, 2.45) is 11.8 Å². The summed E-state index contributed by atoms with van der Waals surface area (Å²) in [6.45, 7) is 0.571. The summed E-state index contributed by atoms with van der Waals surface area (Å²) in [6, 6.07) is 9.96. The molecule has 1 aliphatic rings. The molecule has 5 heteroatoms. The number of carboxylic acids is 1. The van der Waals surface area contributed by atoms with Crippen molar-refractivity contribution in [3.8, 4) is 0 Å².